The van der Waals surface area contributed by atoms with Crippen molar-refractivity contribution in [1.29, 1.82) is 0 Å². The fourth-order valence-corrected chi connectivity index (χ4v) is 10.1. The van der Waals surface area contributed by atoms with Crippen molar-refractivity contribution in [2.24, 2.45) is 5.92 Å². The van der Waals surface area contributed by atoms with E-state index in [1.165, 1.54) is 23.0 Å². The van der Waals surface area contributed by atoms with Crippen LogP contribution in [-0.2, 0) is 0 Å². The number of benzene rings is 2. The number of terminal acetylenes is 1. The highest BCUT2D eigenvalue weighted by atomic mass is 19.1. The van der Waals surface area contributed by atoms with Crippen LogP contribution in [0.5, 0.6) is 11.9 Å². The average Bonchev–Trinajstić information content (AvgIpc) is 3.57. The number of halogens is 2. The molecular weight excluding hydrogens is 642 g/mol. The summed E-state index contributed by atoms with van der Waals surface area (Å²) in [5, 5.41) is 11.5. The number of ether oxygens (including phenoxy) is 2. The molecule has 2 aromatic heterocycles. The fourth-order valence-electron chi connectivity index (χ4n) is 10.1. The van der Waals surface area contributed by atoms with Crippen LogP contribution in [0.25, 0.3) is 32.9 Å². The van der Waals surface area contributed by atoms with Gasteiger partial charge in [0.05, 0.1) is 29.2 Å². The zero-order chi connectivity index (χ0) is 34.2. The minimum absolute atomic E-state index is 0.00504. The van der Waals surface area contributed by atoms with Gasteiger partial charge in [0.25, 0.3) is 0 Å². The third kappa shape index (κ3) is 4.04. The van der Waals surface area contributed by atoms with E-state index < -0.39 is 29.9 Å². The molecule has 0 spiro atoms. The van der Waals surface area contributed by atoms with Crippen LogP contribution in [0.3, 0.4) is 0 Å². The first kappa shape index (κ1) is 29.9. The van der Waals surface area contributed by atoms with Crippen LogP contribution in [0.15, 0.2) is 42.5 Å². The first-order valence-electron chi connectivity index (χ1n) is 17.3. The number of hydrogen-bond donors (Lipinski definition) is 1. The number of nitrogens with zero attached hydrogens (tertiary/aromatic N) is 6. The van der Waals surface area contributed by atoms with E-state index in [-0.39, 0.29) is 51.7 Å². The summed E-state index contributed by atoms with van der Waals surface area (Å²) in [5.41, 5.74) is 1.15. The standard InChI is InChI=1S/C38H34F2N6O4/c1-4-23-25(39)10-8-20-6-5-7-24(28(20)23)31-30(40)32-29-34(43-36(42-32)49-17-38-13-18(2)15-45(38)27-12-21(27)14-38)44-16-22-9-11-26(46(22)37(47)48)33(44)19(3)50-35(29)41-31/h1,5-8,10,19,21-22,26-27,33H,2,9,11-17H2,3H3,(H,47,48)/t19?,21-,22?,26?,27-,33?,38?/m0/s1. The maximum atomic E-state index is 17.2. The molecule has 6 aliphatic rings. The number of hydrogen-bond acceptors (Lipinski definition) is 8. The van der Waals surface area contributed by atoms with Gasteiger partial charge in [-0.1, -0.05) is 42.3 Å². The van der Waals surface area contributed by atoms with Crippen LogP contribution in [-0.4, -0.2) is 91.5 Å². The molecule has 7 heterocycles. The number of piperazine rings is 1. The maximum absolute atomic E-state index is 17.2. The Hall–Kier alpha value is -5.02. The lowest BCUT2D eigenvalue weighted by molar-refractivity contribution is 0.0705. The number of fused-ring (bicyclic) bond motifs is 9. The second kappa shape index (κ2) is 10.3. The first-order valence-corrected chi connectivity index (χ1v) is 17.3. The molecule has 2 bridgehead atoms. The molecule has 50 heavy (non-hydrogen) atoms. The van der Waals surface area contributed by atoms with Gasteiger partial charge in [-0.3, -0.25) is 9.80 Å². The maximum Gasteiger partial charge on any atom is 0.407 e. The Kier molecular flexibility index (Phi) is 6.13. The van der Waals surface area contributed by atoms with Gasteiger partial charge in [0.2, 0.25) is 5.88 Å². The molecule has 5 aliphatic heterocycles. The van der Waals surface area contributed by atoms with Crippen molar-refractivity contribution >= 4 is 33.6 Å². The van der Waals surface area contributed by atoms with E-state index in [2.05, 4.69) is 22.3 Å². The molecule has 0 radical (unpaired) electrons. The van der Waals surface area contributed by atoms with Crippen LogP contribution >= 0.6 is 0 Å². The van der Waals surface area contributed by atoms with Gasteiger partial charge in [-0.2, -0.15) is 9.97 Å². The predicted molar refractivity (Wildman–Crippen MR) is 181 cm³/mol. The zero-order valence-corrected chi connectivity index (χ0v) is 27.4. The molecule has 1 saturated carbocycles. The van der Waals surface area contributed by atoms with E-state index in [0.29, 0.717) is 60.1 Å². The average molecular weight is 677 g/mol. The van der Waals surface area contributed by atoms with E-state index in [9.17, 15) is 9.90 Å². The fraction of sp³-hybridized carbons (Fsp3) is 0.421. The molecule has 1 N–H and O–H groups in total. The summed E-state index contributed by atoms with van der Waals surface area (Å²) in [6, 6.07) is 7.60. The van der Waals surface area contributed by atoms with Crippen LogP contribution in [0.1, 0.15) is 44.6 Å². The Balaban J connectivity index is 1.17. The monoisotopic (exact) mass is 676 g/mol. The Bertz CT molecular complexity index is 2240. The number of pyridine rings is 1. The van der Waals surface area contributed by atoms with Crippen molar-refractivity contribution in [3.05, 3.63) is 59.7 Å². The van der Waals surface area contributed by atoms with Crippen LogP contribution in [0.2, 0.25) is 0 Å². The quantitative estimate of drug-likeness (QED) is 0.214. The molecule has 4 saturated heterocycles. The Labute approximate surface area is 286 Å². The summed E-state index contributed by atoms with van der Waals surface area (Å²) in [7, 11) is 0. The lowest BCUT2D eigenvalue weighted by Gasteiger charge is -2.47. The Morgan fingerprint density at radius 2 is 2.04 bits per heavy atom. The van der Waals surface area contributed by atoms with Gasteiger partial charge in [-0.05, 0) is 56.4 Å². The van der Waals surface area contributed by atoms with Crippen molar-refractivity contribution in [3.8, 4) is 35.5 Å². The molecule has 4 aromatic rings. The smallest absolute Gasteiger partial charge is 0.407 e. The van der Waals surface area contributed by atoms with Gasteiger partial charge < -0.3 is 19.5 Å². The zero-order valence-electron chi connectivity index (χ0n) is 27.4. The summed E-state index contributed by atoms with van der Waals surface area (Å²) < 4.78 is 45.3. The summed E-state index contributed by atoms with van der Waals surface area (Å²) in [4.78, 5) is 33.0. The number of anilines is 1. The topological polar surface area (TPSA) is 104 Å². The largest absolute Gasteiger partial charge is 0.472 e. The lowest BCUT2D eigenvalue weighted by atomic mass is 9.92. The van der Waals surface area contributed by atoms with Crippen molar-refractivity contribution in [2.75, 3.05) is 24.6 Å². The van der Waals surface area contributed by atoms with Crippen molar-refractivity contribution in [3.63, 3.8) is 0 Å². The number of piperidine rings is 1. The Morgan fingerprint density at radius 3 is 2.86 bits per heavy atom. The Morgan fingerprint density at radius 1 is 1.18 bits per heavy atom. The van der Waals surface area contributed by atoms with Crippen molar-refractivity contribution in [1.82, 2.24) is 24.8 Å². The third-order valence-corrected chi connectivity index (χ3v) is 12.1. The van der Waals surface area contributed by atoms with E-state index in [1.807, 2.05) is 6.92 Å². The molecule has 1 aliphatic carbocycles. The van der Waals surface area contributed by atoms with E-state index in [4.69, 9.17) is 30.8 Å². The van der Waals surface area contributed by atoms with Crippen LogP contribution in [0, 0.1) is 29.9 Å². The number of amides is 1. The van der Waals surface area contributed by atoms with E-state index in [0.717, 1.165) is 19.4 Å². The summed E-state index contributed by atoms with van der Waals surface area (Å²) in [6.07, 6.45) is 8.64. The minimum Gasteiger partial charge on any atom is -0.472 e. The van der Waals surface area contributed by atoms with Gasteiger partial charge in [-0.25, -0.2) is 18.6 Å². The highest BCUT2D eigenvalue weighted by Crippen LogP contribution is 2.57. The van der Waals surface area contributed by atoms with E-state index in [1.54, 1.807) is 24.3 Å². The predicted octanol–water partition coefficient (Wildman–Crippen LogP) is 5.76. The molecule has 254 valence electrons. The van der Waals surface area contributed by atoms with Crippen molar-refractivity contribution in [2.45, 2.75) is 74.8 Å². The second-order valence-electron chi connectivity index (χ2n) is 14.9. The molecule has 12 heteroatoms. The van der Waals surface area contributed by atoms with Gasteiger partial charge in [-0.15, -0.1) is 6.42 Å². The SMILES string of the molecule is C#Cc1c(F)ccc2cccc(-c3nc4c5c(nc(OCC67CC(=C)CN6[C@H]6C[C@H]6C7)nc5c3F)N3CC5CCC(C3C(C)O4)N5C(=O)O)c12. The summed E-state index contributed by atoms with van der Waals surface area (Å²) >= 11 is 0. The molecular formula is C38H34F2N6O4. The molecule has 10 nitrogen and oxygen atoms in total. The third-order valence-electron chi connectivity index (χ3n) is 12.1. The normalized spacial score (nSPS) is 30.5. The highest BCUT2D eigenvalue weighted by molar-refractivity contribution is 6.03. The number of carbonyl (C=O) groups is 1. The van der Waals surface area contributed by atoms with Crippen LogP contribution < -0.4 is 14.4 Å². The molecule has 7 atom stereocenters. The molecule has 5 unspecified atom stereocenters. The number of carboxylic acid groups (broad SMARTS) is 1. The molecule has 10 rings (SSSR count). The second-order valence-corrected chi connectivity index (χ2v) is 14.9. The summed E-state index contributed by atoms with van der Waals surface area (Å²) in [6.45, 7) is 7.68. The lowest BCUT2D eigenvalue weighted by Crippen LogP contribution is -2.64. The van der Waals surface area contributed by atoms with Crippen LogP contribution in [0.4, 0.5) is 19.4 Å². The number of aromatic nitrogens is 3. The van der Waals surface area contributed by atoms with Gasteiger partial charge in [0.15, 0.2) is 5.82 Å². The number of rotatable bonds is 4. The minimum atomic E-state index is -0.974. The molecule has 2 aromatic carbocycles. The van der Waals surface area contributed by atoms with Gasteiger partial charge in [0, 0.05) is 30.1 Å². The van der Waals surface area contributed by atoms with Crippen molar-refractivity contribution < 1.29 is 28.2 Å². The van der Waals surface area contributed by atoms with E-state index >= 15 is 8.78 Å². The van der Waals surface area contributed by atoms with Gasteiger partial charge in [0.1, 0.15) is 40.9 Å². The molecule has 1 amide bonds. The van der Waals surface area contributed by atoms with Gasteiger partial charge >= 0.3 is 12.1 Å². The first-order chi connectivity index (χ1) is 24.2. The molecule has 5 fully saturated rings. The highest BCUT2D eigenvalue weighted by Gasteiger charge is 2.62. The summed E-state index contributed by atoms with van der Waals surface area (Å²) in [5.74, 6) is 2.27.